The lowest BCUT2D eigenvalue weighted by atomic mass is 10.1. The quantitative estimate of drug-likeness (QED) is 0.313. The molecule has 29 heavy (non-hydrogen) atoms. The van der Waals surface area contributed by atoms with E-state index in [4.69, 9.17) is 0 Å². The zero-order valence-electron chi connectivity index (χ0n) is 14.4. The van der Waals surface area contributed by atoms with Crippen LogP contribution in [0.15, 0.2) is 24.3 Å². The summed E-state index contributed by atoms with van der Waals surface area (Å²) in [5, 5.41) is 1.69. The number of halogens is 9. The van der Waals surface area contributed by atoms with Crippen molar-refractivity contribution in [2.75, 3.05) is 19.7 Å². The van der Waals surface area contributed by atoms with Crippen LogP contribution in [0.25, 0.3) is 0 Å². The van der Waals surface area contributed by atoms with E-state index in [-0.39, 0.29) is 18.7 Å². The van der Waals surface area contributed by atoms with Crippen molar-refractivity contribution in [3.05, 3.63) is 35.4 Å². The topological polar surface area (TPSA) is 62.4 Å². The summed E-state index contributed by atoms with van der Waals surface area (Å²) in [6.45, 7) is -2.67. The van der Waals surface area contributed by atoms with E-state index in [9.17, 15) is 44.3 Å². The number of benzene rings is 1. The Kier molecular flexibility index (Phi) is 8.71. The first-order valence-corrected chi connectivity index (χ1v) is 7.85. The van der Waals surface area contributed by atoms with Crippen molar-refractivity contribution in [3.63, 3.8) is 0 Å². The van der Waals surface area contributed by atoms with E-state index in [1.807, 2.05) is 0 Å². The van der Waals surface area contributed by atoms with Gasteiger partial charge in [-0.2, -0.15) is 39.5 Å². The van der Waals surface area contributed by atoms with Crippen LogP contribution in [0.4, 0.5) is 39.5 Å². The van der Waals surface area contributed by atoms with E-state index in [1.165, 1.54) is 24.3 Å². The highest BCUT2D eigenvalue weighted by molar-refractivity contribution is 5.94. The fraction of sp³-hybridized carbons (Fsp3) is 0.533. The summed E-state index contributed by atoms with van der Waals surface area (Å²) in [5.41, 5.74) is 5.37. The maximum absolute atomic E-state index is 12.2. The van der Waals surface area contributed by atoms with Gasteiger partial charge in [0, 0.05) is 18.7 Å². The number of nitrogens with one attached hydrogen (secondary N) is 3. The highest BCUT2D eigenvalue weighted by atomic mass is 19.4. The third-order valence-electron chi connectivity index (χ3n) is 3.19. The molecule has 0 bridgehead atoms. The van der Waals surface area contributed by atoms with Crippen molar-refractivity contribution in [2.24, 2.45) is 0 Å². The van der Waals surface area contributed by atoms with Crippen molar-refractivity contribution in [2.45, 2.75) is 31.2 Å². The largest absolute Gasteiger partial charge is 0.423 e. The van der Waals surface area contributed by atoms with Crippen LogP contribution in [-0.4, -0.2) is 50.2 Å². The van der Waals surface area contributed by atoms with Gasteiger partial charge in [-0.05, 0) is 17.7 Å². The zero-order valence-corrected chi connectivity index (χ0v) is 14.4. The molecule has 1 amide bonds. The van der Waals surface area contributed by atoms with Crippen molar-refractivity contribution < 1.29 is 49.0 Å². The van der Waals surface area contributed by atoms with Gasteiger partial charge < -0.3 is 10.1 Å². The number of rotatable bonds is 9. The predicted octanol–water partition coefficient (Wildman–Crippen LogP) is 3.08. The molecule has 0 saturated carbocycles. The fourth-order valence-corrected chi connectivity index (χ4v) is 1.91. The molecule has 1 aromatic carbocycles. The molecule has 1 rings (SSSR count). The molecule has 0 aromatic heterocycles. The summed E-state index contributed by atoms with van der Waals surface area (Å²) >= 11 is 0. The number of carbonyl (C=O) groups is 1. The Balaban J connectivity index is 2.34. The van der Waals surface area contributed by atoms with Gasteiger partial charge in [0.1, 0.15) is 6.54 Å². The van der Waals surface area contributed by atoms with E-state index in [0.29, 0.717) is 5.56 Å². The molecule has 0 unspecified atom stereocenters. The maximum Gasteiger partial charge on any atom is 0.423 e. The Hall–Kier alpha value is -2.06. The second-order valence-corrected chi connectivity index (χ2v) is 5.61. The van der Waals surface area contributed by atoms with E-state index in [0.717, 1.165) is 0 Å². The Labute approximate surface area is 158 Å². The summed E-state index contributed by atoms with van der Waals surface area (Å²) in [4.78, 5) is 11.5. The summed E-state index contributed by atoms with van der Waals surface area (Å²) in [7, 11) is 0. The van der Waals surface area contributed by atoms with Gasteiger partial charge in [0.15, 0.2) is 0 Å². The van der Waals surface area contributed by atoms with Gasteiger partial charge >= 0.3 is 18.5 Å². The van der Waals surface area contributed by atoms with Gasteiger partial charge in [0.2, 0.25) is 6.10 Å². The lowest BCUT2D eigenvalue weighted by Gasteiger charge is -2.23. The fourth-order valence-electron chi connectivity index (χ4n) is 1.91. The number of hydrazine groups is 1. The third-order valence-corrected chi connectivity index (χ3v) is 3.19. The molecule has 0 fully saturated rings. The van der Waals surface area contributed by atoms with Crippen LogP contribution < -0.4 is 16.2 Å². The van der Waals surface area contributed by atoms with Crippen LogP contribution in [0.1, 0.15) is 15.9 Å². The van der Waals surface area contributed by atoms with Crippen LogP contribution in [-0.2, 0) is 11.3 Å². The molecule has 0 aliphatic heterocycles. The minimum Gasteiger partial charge on any atom is -0.360 e. The smallest absolute Gasteiger partial charge is 0.360 e. The van der Waals surface area contributed by atoms with Crippen LogP contribution in [0.5, 0.6) is 0 Å². The molecule has 0 aliphatic carbocycles. The molecule has 3 N–H and O–H groups in total. The molecule has 14 heteroatoms. The van der Waals surface area contributed by atoms with Crippen LogP contribution in [0.3, 0.4) is 0 Å². The predicted molar refractivity (Wildman–Crippen MR) is 81.5 cm³/mol. The summed E-state index contributed by atoms with van der Waals surface area (Å²) in [6.07, 6.45) is -19.6. The number of carbonyl (C=O) groups excluding carboxylic acids is 1. The maximum atomic E-state index is 12.2. The van der Waals surface area contributed by atoms with E-state index in [2.05, 4.69) is 15.6 Å². The molecule has 0 atom stereocenters. The molecule has 0 saturated heterocycles. The first-order valence-electron chi connectivity index (χ1n) is 7.85. The first-order chi connectivity index (χ1) is 13.2. The Bertz CT molecular complexity index is 628. The molecular weight excluding hydrogens is 425 g/mol. The summed E-state index contributed by atoms with van der Waals surface area (Å²) < 4.78 is 113. The molecule has 5 nitrogen and oxygen atoms in total. The van der Waals surface area contributed by atoms with Gasteiger partial charge in [-0.15, -0.1) is 0 Å². The van der Waals surface area contributed by atoms with Gasteiger partial charge in [0.05, 0.1) is 6.61 Å². The number of hydrogen-bond acceptors (Lipinski definition) is 4. The highest BCUT2D eigenvalue weighted by Crippen LogP contribution is 2.35. The second kappa shape index (κ2) is 10.1. The Morgan fingerprint density at radius 1 is 0.897 bits per heavy atom. The molecule has 0 spiro atoms. The minimum atomic E-state index is -5.58. The standard InChI is InChI=1S/C15H16F9N3O2/c16-13(17,18)8-25-11(28)10-3-1-9(2-4-10)7-27-26-5-6-29-12(14(19,20)21)15(22,23)24/h1-4,12,26-27H,5-8H2,(H,25,28). The second-order valence-electron chi connectivity index (χ2n) is 5.61. The molecule has 1 aromatic rings. The van der Waals surface area contributed by atoms with Crippen molar-refractivity contribution >= 4 is 5.91 Å². The van der Waals surface area contributed by atoms with E-state index < -0.39 is 43.7 Å². The zero-order chi connectivity index (χ0) is 22.3. The Morgan fingerprint density at radius 3 is 1.93 bits per heavy atom. The SMILES string of the molecule is O=C(NCC(F)(F)F)c1ccc(CNNCCOC(C(F)(F)F)C(F)(F)F)cc1. The van der Waals surface area contributed by atoms with Gasteiger partial charge in [-0.3, -0.25) is 15.6 Å². The number of amides is 1. The summed E-state index contributed by atoms with van der Waals surface area (Å²) in [6, 6.07) is 5.31. The molecule has 166 valence electrons. The van der Waals surface area contributed by atoms with Crippen molar-refractivity contribution in [3.8, 4) is 0 Å². The van der Waals surface area contributed by atoms with Crippen LogP contribution in [0, 0.1) is 0 Å². The van der Waals surface area contributed by atoms with Gasteiger partial charge in [-0.1, -0.05) is 12.1 Å². The normalized spacial score (nSPS) is 13.0. The van der Waals surface area contributed by atoms with E-state index >= 15 is 0 Å². The number of ether oxygens (including phenoxy) is 1. The third kappa shape index (κ3) is 9.80. The van der Waals surface area contributed by atoms with Crippen LogP contribution in [0.2, 0.25) is 0 Å². The monoisotopic (exact) mass is 441 g/mol. The van der Waals surface area contributed by atoms with Crippen LogP contribution >= 0.6 is 0 Å². The van der Waals surface area contributed by atoms with E-state index in [1.54, 1.807) is 5.32 Å². The average Bonchev–Trinajstić information content (AvgIpc) is 2.56. The van der Waals surface area contributed by atoms with Crippen molar-refractivity contribution in [1.82, 2.24) is 16.2 Å². The lowest BCUT2D eigenvalue weighted by molar-refractivity contribution is -0.321. The summed E-state index contributed by atoms with van der Waals surface area (Å²) in [5.74, 6) is -0.930. The number of hydrogen-bond donors (Lipinski definition) is 3. The first kappa shape index (κ1) is 25.0. The highest BCUT2D eigenvalue weighted by Gasteiger charge is 2.57. The molecule has 0 radical (unpaired) electrons. The van der Waals surface area contributed by atoms with Gasteiger partial charge in [-0.25, -0.2) is 0 Å². The Morgan fingerprint density at radius 2 is 1.45 bits per heavy atom. The average molecular weight is 441 g/mol. The molecule has 0 aliphatic rings. The van der Waals surface area contributed by atoms with Crippen molar-refractivity contribution in [1.29, 1.82) is 0 Å². The van der Waals surface area contributed by atoms with Gasteiger partial charge in [0.25, 0.3) is 5.91 Å². The molecule has 0 heterocycles. The minimum absolute atomic E-state index is 0.0234. The molecular formula is C15H16F9N3O2. The lowest BCUT2D eigenvalue weighted by Crippen LogP contribution is -2.46. The number of alkyl halides is 9.